The fraction of sp³-hybridized carbons (Fsp3) is 0.529. The zero-order valence-electron chi connectivity index (χ0n) is 12.5. The highest BCUT2D eigenvalue weighted by atomic mass is 32.2. The van der Waals surface area contributed by atoms with Crippen LogP contribution in [0.5, 0.6) is 0 Å². The van der Waals surface area contributed by atoms with E-state index in [1.54, 1.807) is 12.1 Å². The summed E-state index contributed by atoms with van der Waals surface area (Å²) in [4.78, 5) is 23.8. The van der Waals surface area contributed by atoms with E-state index in [-0.39, 0.29) is 5.91 Å². The number of rotatable bonds is 5. The Morgan fingerprint density at radius 2 is 1.73 bits per heavy atom. The van der Waals surface area contributed by atoms with Gasteiger partial charge in [0.15, 0.2) is 0 Å². The van der Waals surface area contributed by atoms with Gasteiger partial charge in [0.2, 0.25) is 0 Å². The Bertz CT molecular complexity index is 560. The Hall–Kier alpha value is -1.49. The van der Waals surface area contributed by atoms with Crippen molar-refractivity contribution in [2.75, 3.05) is 0 Å². The summed E-state index contributed by atoms with van der Waals surface area (Å²) in [5.74, 6) is -0.842. The largest absolute Gasteiger partial charge is 0.481 e. The van der Waals surface area contributed by atoms with Crippen LogP contribution in [0.1, 0.15) is 60.9 Å². The molecule has 118 valence electrons. The van der Waals surface area contributed by atoms with Gasteiger partial charge in [0.25, 0.3) is 5.91 Å². The maximum atomic E-state index is 12.0. The summed E-state index contributed by atoms with van der Waals surface area (Å²) in [6, 6.07) is 7.13. The monoisotopic (exact) mass is 319 g/mol. The van der Waals surface area contributed by atoms with Crippen LogP contribution in [-0.2, 0) is 10.2 Å². The Morgan fingerprint density at radius 1 is 1.09 bits per heavy atom. The smallest absolute Gasteiger partial charge is 0.314 e. The summed E-state index contributed by atoms with van der Waals surface area (Å²) in [5, 5.41) is 10.3. The standard InChI is InChI=1S/C17H21NO3S/c19-15(18-22-14-8-9-14)12-4-6-13(7-5-12)17(16(20)21)10-2-1-3-11-17/h4-7,14H,1-3,8-11H2,(H,18,19)(H,20,21). The Morgan fingerprint density at radius 3 is 2.27 bits per heavy atom. The first-order chi connectivity index (χ1) is 10.6. The molecule has 4 nitrogen and oxygen atoms in total. The third kappa shape index (κ3) is 3.14. The minimum atomic E-state index is -0.768. The van der Waals surface area contributed by atoms with Crippen LogP contribution in [0.4, 0.5) is 0 Å². The van der Waals surface area contributed by atoms with Crippen molar-refractivity contribution in [1.82, 2.24) is 4.72 Å². The summed E-state index contributed by atoms with van der Waals surface area (Å²) in [6.45, 7) is 0. The zero-order chi connectivity index (χ0) is 15.6. The van der Waals surface area contributed by atoms with Crippen LogP contribution in [-0.4, -0.2) is 22.2 Å². The molecule has 1 amide bonds. The van der Waals surface area contributed by atoms with Gasteiger partial charge in [-0.3, -0.25) is 14.3 Å². The van der Waals surface area contributed by atoms with Crippen molar-refractivity contribution in [2.24, 2.45) is 0 Å². The molecule has 0 spiro atoms. The molecule has 1 aromatic rings. The third-order valence-electron chi connectivity index (χ3n) is 4.66. The number of carbonyl (C=O) groups excluding carboxylic acids is 1. The van der Waals surface area contributed by atoms with Crippen molar-refractivity contribution < 1.29 is 14.7 Å². The second kappa shape index (κ2) is 6.32. The van der Waals surface area contributed by atoms with E-state index in [1.165, 1.54) is 24.8 Å². The van der Waals surface area contributed by atoms with E-state index >= 15 is 0 Å². The van der Waals surface area contributed by atoms with Gasteiger partial charge in [0.05, 0.1) is 5.41 Å². The van der Waals surface area contributed by atoms with Crippen molar-refractivity contribution in [2.45, 2.75) is 55.6 Å². The molecular formula is C17H21NO3S. The van der Waals surface area contributed by atoms with E-state index in [1.807, 2.05) is 12.1 Å². The average Bonchev–Trinajstić information content (AvgIpc) is 3.37. The van der Waals surface area contributed by atoms with Gasteiger partial charge in [-0.1, -0.05) is 31.4 Å². The quantitative estimate of drug-likeness (QED) is 0.815. The summed E-state index contributed by atoms with van der Waals surface area (Å²) in [7, 11) is 0. The molecule has 0 heterocycles. The highest BCUT2D eigenvalue weighted by Crippen LogP contribution is 2.40. The SMILES string of the molecule is O=C(NSC1CC1)c1ccc(C2(C(=O)O)CCCCC2)cc1. The predicted octanol–water partition coefficient (Wildman–Crippen LogP) is 3.51. The van der Waals surface area contributed by atoms with Gasteiger partial charge in [-0.25, -0.2) is 0 Å². The van der Waals surface area contributed by atoms with Crippen molar-refractivity contribution in [1.29, 1.82) is 0 Å². The lowest BCUT2D eigenvalue weighted by Gasteiger charge is -2.33. The molecule has 2 N–H and O–H groups in total. The normalized spacial score (nSPS) is 20.4. The van der Waals surface area contributed by atoms with Crippen LogP contribution in [0.15, 0.2) is 24.3 Å². The third-order valence-corrected chi connectivity index (χ3v) is 5.77. The lowest BCUT2D eigenvalue weighted by molar-refractivity contribution is -0.145. The summed E-state index contributed by atoms with van der Waals surface area (Å²) < 4.78 is 2.85. The van der Waals surface area contributed by atoms with Crippen LogP contribution >= 0.6 is 11.9 Å². The summed E-state index contributed by atoms with van der Waals surface area (Å²) in [6.07, 6.45) is 6.72. The molecule has 5 heteroatoms. The van der Waals surface area contributed by atoms with Gasteiger partial charge >= 0.3 is 5.97 Å². The number of hydrogen-bond donors (Lipinski definition) is 2. The fourth-order valence-electron chi connectivity index (χ4n) is 3.10. The van der Waals surface area contributed by atoms with E-state index in [0.29, 0.717) is 23.7 Å². The van der Waals surface area contributed by atoms with Crippen molar-refractivity contribution in [3.8, 4) is 0 Å². The van der Waals surface area contributed by atoms with Gasteiger partial charge in [-0.15, -0.1) is 0 Å². The van der Waals surface area contributed by atoms with E-state index in [0.717, 1.165) is 24.8 Å². The average molecular weight is 319 g/mol. The Kier molecular flexibility index (Phi) is 4.43. The number of carboxylic acid groups (broad SMARTS) is 1. The second-order valence-corrected chi connectivity index (χ2v) is 7.38. The van der Waals surface area contributed by atoms with Crippen LogP contribution < -0.4 is 4.72 Å². The highest BCUT2D eigenvalue weighted by Gasteiger charge is 2.41. The molecule has 0 atom stereocenters. The van der Waals surface area contributed by atoms with Crippen LogP contribution in [0.25, 0.3) is 0 Å². The molecule has 0 saturated heterocycles. The van der Waals surface area contributed by atoms with Gasteiger partial charge in [-0.2, -0.15) is 0 Å². The fourth-order valence-corrected chi connectivity index (χ4v) is 3.87. The van der Waals surface area contributed by atoms with Crippen LogP contribution in [0.3, 0.4) is 0 Å². The number of carbonyl (C=O) groups is 2. The van der Waals surface area contributed by atoms with Crippen LogP contribution in [0, 0.1) is 0 Å². The number of nitrogens with one attached hydrogen (secondary N) is 1. The molecule has 0 unspecified atom stereocenters. The molecule has 0 bridgehead atoms. The molecule has 1 aromatic carbocycles. The summed E-state index contributed by atoms with van der Waals surface area (Å²) in [5.41, 5.74) is 0.648. The first-order valence-electron chi connectivity index (χ1n) is 7.92. The molecule has 22 heavy (non-hydrogen) atoms. The zero-order valence-corrected chi connectivity index (χ0v) is 13.3. The minimum absolute atomic E-state index is 0.100. The van der Waals surface area contributed by atoms with E-state index in [4.69, 9.17) is 0 Å². The first kappa shape index (κ1) is 15.4. The van der Waals surface area contributed by atoms with Crippen molar-refractivity contribution in [3.63, 3.8) is 0 Å². The molecule has 0 aromatic heterocycles. The minimum Gasteiger partial charge on any atom is -0.481 e. The van der Waals surface area contributed by atoms with E-state index in [9.17, 15) is 14.7 Å². The van der Waals surface area contributed by atoms with Gasteiger partial charge < -0.3 is 5.11 Å². The number of benzene rings is 1. The van der Waals surface area contributed by atoms with Gasteiger partial charge in [0.1, 0.15) is 0 Å². The Labute approximate surface area is 134 Å². The highest BCUT2D eigenvalue weighted by molar-refractivity contribution is 7.98. The molecule has 2 aliphatic rings. The van der Waals surface area contributed by atoms with E-state index < -0.39 is 11.4 Å². The number of carboxylic acids is 1. The molecular weight excluding hydrogens is 298 g/mol. The first-order valence-corrected chi connectivity index (χ1v) is 8.80. The maximum absolute atomic E-state index is 12.0. The number of aliphatic carboxylic acids is 1. The van der Waals surface area contributed by atoms with Gasteiger partial charge in [-0.05, 0) is 55.3 Å². The predicted molar refractivity (Wildman–Crippen MR) is 86.9 cm³/mol. The second-order valence-electron chi connectivity index (χ2n) is 6.27. The van der Waals surface area contributed by atoms with Crippen LogP contribution in [0.2, 0.25) is 0 Å². The van der Waals surface area contributed by atoms with Gasteiger partial charge in [0, 0.05) is 10.8 Å². The molecule has 2 aliphatic carbocycles. The van der Waals surface area contributed by atoms with Crippen molar-refractivity contribution >= 4 is 23.8 Å². The summed E-state index contributed by atoms with van der Waals surface area (Å²) >= 11 is 1.49. The molecule has 0 aliphatic heterocycles. The van der Waals surface area contributed by atoms with E-state index in [2.05, 4.69) is 4.72 Å². The Balaban J connectivity index is 1.74. The topological polar surface area (TPSA) is 66.4 Å². The molecule has 2 saturated carbocycles. The number of hydrogen-bond acceptors (Lipinski definition) is 3. The lowest BCUT2D eigenvalue weighted by Crippen LogP contribution is -2.37. The maximum Gasteiger partial charge on any atom is 0.314 e. The molecule has 2 fully saturated rings. The molecule has 3 rings (SSSR count). The van der Waals surface area contributed by atoms with Crippen molar-refractivity contribution in [3.05, 3.63) is 35.4 Å². The lowest BCUT2D eigenvalue weighted by atomic mass is 9.69. The molecule has 0 radical (unpaired) electrons. The number of amides is 1.